The molecule has 0 bridgehead atoms. The molecule has 2 aromatic heterocycles. The van der Waals surface area contributed by atoms with Gasteiger partial charge in [-0.1, -0.05) is 0 Å². The Morgan fingerprint density at radius 3 is 2.64 bits per heavy atom. The van der Waals surface area contributed by atoms with Gasteiger partial charge in [0.2, 0.25) is 0 Å². The molecule has 0 spiro atoms. The average Bonchev–Trinajstić information content (AvgIpc) is 3.29. The predicted octanol–water partition coefficient (Wildman–Crippen LogP) is 3.87. The fourth-order valence-electron chi connectivity index (χ4n) is 3.53. The fraction of sp³-hybridized carbons (Fsp3) is 0.208. The van der Waals surface area contributed by atoms with E-state index in [4.69, 9.17) is 14.2 Å². The van der Waals surface area contributed by atoms with Crippen molar-refractivity contribution in [3.63, 3.8) is 0 Å². The second-order valence-corrected chi connectivity index (χ2v) is 7.58. The summed E-state index contributed by atoms with van der Waals surface area (Å²) in [4.78, 5) is 16.6. The molecular weight excluding hydrogens is 420 g/mol. The maximum Gasteiger partial charge on any atom is 0.166 e. The molecule has 33 heavy (non-hydrogen) atoms. The number of nitrogens with zero attached hydrogens (tertiary/aromatic N) is 6. The van der Waals surface area contributed by atoms with Crippen molar-refractivity contribution in [2.45, 2.75) is 12.0 Å². The van der Waals surface area contributed by atoms with Crippen LogP contribution in [0.25, 0.3) is 16.7 Å². The van der Waals surface area contributed by atoms with Crippen LogP contribution in [0.3, 0.4) is 0 Å². The van der Waals surface area contributed by atoms with Crippen molar-refractivity contribution in [2.24, 2.45) is 9.98 Å². The molecule has 0 amide bonds. The maximum absolute atomic E-state index is 6.23. The second-order valence-electron chi connectivity index (χ2n) is 7.58. The highest BCUT2D eigenvalue weighted by molar-refractivity contribution is 5.81. The molecule has 0 saturated heterocycles. The quantitative estimate of drug-likeness (QED) is 0.411. The summed E-state index contributed by atoms with van der Waals surface area (Å²) < 4.78 is 19.2. The van der Waals surface area contributed by atoms with Gasteiger partial charge in [-0.25, -0.2) is 19.6 Å². The third-order valence-corrected chi connectivity index (χ3v) is 5.20. The molecule has 166 valence electrons. The van der Waals surface area contributed by atoms with Crippen molar-refractivity contribution < 1.29 is 14.2 Å². The minimum Gasteiger partial charge on any atom is -0.480 e. The monoisotopic (exact) mass is 442 g/mol. The molecule has 3 heterocycles. The van der Waals surface area contributed by atoms with E-state index in [0.29, 0.717) is 42.6 Å². The van der Waals surface area contributed by atoms with Gasteiger partial charge < -0.3 is 14.2 Å². The number of fused-ring (bicyclic) bond motifs is 1. The molecule has 1 aliphatic heterocycles. The lowest BCUT2D eigenvalue weighted by Gasteiger charge is -2.30. The highest BCUT2D eigenvalue weighted by Gasteiger charge is 2.31. The van der Waals surface area contributed by atoms with Crippen molar-refractivity contribution in [1.29, 1.82) is 0 Å². The van der Waals surface area contributed by atoms with Crippen molar-refractivity contribution in [3.8, 4) is 23.1 Å². The van der Waals surface area contributed by atoms with E-state index < -0.39 is 5.60 Å². The molecule has 0 saturated carbocycles. The van der Waals surface area contributed by atoms with Gasteiger partial charge in [-0.05, 0) is 42.5 Å². The molecule has 2 aromatic carbocycles. The van der Waals surface area contributed by atoms with Gasteiger partial charge in [0.1, 0.15) is 29.9 Å². The summed E-state index contributed by atoms with van der Waals surface area (Å²) in [6.07, 6.45) is 9.09. The van der Waals surface area contributed by atoms with Gasteiger partial charge in [-0.3, -0.25) is 4.99 Å². The van der Waals surface area contributed by atoms with E-state index >= 15 is 0 Å². The van der Waals surface area contributed by atoms with Crippen LogP contribution in [-0.4, -0.2) is 58.2 Å². The number of hydrogen-bond donors (Lipinski definition) is 0. The first kappa shape index (κ1) is 20.8. The van der Waals surface area contributed by atoms with Gasteiger partial charge in [0, 0.05) is 37.4 Å². The van der Waals surface area contributed by atoms with E-state index in [-0.39, 0.29) is 0 Å². The van der Waals surface area contributed by atoms with Gasteiger partial charge in [0.15, 0.2) is 11.4 Å². The number of aliphatic imine (C=N–C) groups is 2. The van der Waals surface area contributed by atoms with Crippen LogP contribution in [0.4, 0.5) is 0 Å². The SMILES string of the molecule is COCCC1(Oc2ccc(Oc3ccc4nn(-c5ccncn5)cc4c3)cc2)C=NC=NC1. The molecule has 0 radical (unpaired) electrons. The minimum atomic E-state index is -0.609. The van der Waals surface area contributed by atoms with Gasteiger partial charge in [0.05, 0.1) is 24.9 Å². The molecule has 1 atom stereocenters. The van der Waals surface area contributed by atoms with Crippen molar-refractivity contribution in [3.05, 3.63) is 67.3 Å². The molecule has 5 rings (SSSR count). The van der Waals surface area contributed by atoms with E-state index in [1.807, 2.05) is 48.7 Å². The lowest BCUT2D eigenvalue weighted by molar-refractivity contribution is 0.0952. The third kappa shape index (κ3) is 4.73. The normalized spacial score (nSPS) is 17.4. The van der Waals surface area contributed by atoms with E-state index in [0.717, 1.165) is 10.9 Å². The standard InChI is InChI=1S/C24H22N6O3/c1-31-11-9-24(14-26-16-27-15-24)33-20-4-2-19(3-5-20)32-21-6-7-22-18(12-21)13-30(29-22)23-8-10-25-17-28-23/h2-8,10,12-14,16-17H,9,11,15H2,1H3. The van der Waals surface area contributed by atoms with Crippen LogP contribution >= 0.6 is 0 Å². The van der Waals surface area contributed by atoms with Crippen LogP contribution in [-0.2, 0) is 4.74 Å². The Bertz CT molecular complexity index is 1290. The summed E-state index contributed by atoms with van der Waals surface area (Å²) in [7, 11) is 1.67. The average molecular weight is 442 g/mol. The topological polar surface area (TPSA) is 96.0 Å². The largest absolute Gasteiger partial charge is 0.480 e. The molecule has 0 aliphatic carbocycles. The highest BCUT2D eigenvalue weighted by Crippen LogP contribution is 2.29. The third-order valence-electron chi connectivity index (χ3n) is 5.20. The summed E-state index contributed by atoms with van der Waals surface area (Å²) in [6.45, 7) is 1.06. The molecule has 1 unspecified atom stereocenters. The molecular formula is C24H22N6O3. The molecule has 0 fully saturated rings. The molecule has 9 heteroatoms. The summed E-state index contributed by atoms with van der Waals surface area (Å²) in [6, 6.07) is 15.1. The van der Waals surface area contributed by atoms with Crippen LogP contribution in [0, 0.1) is 0 Å². The van der Waals surface area contributed by atoms with Gasteiger partial charge in [-0.15, -0.1) is 0 Å². The van der Waals surface area contributed by atoms with Gasteiger partial charge in [0.25, 0.3) is 0 Å². The zero-order valence-electron chi connectivity index (χ0n) is 18.0. The van der Waals surface area contributed by atoms with E-state index in [2.05, 4.69) is 25.1 Å². The first-order valence-corrected chi connectivity index (χ1v) is 10.5. The van der Waals surface area contributed by atoms with Crippen molar-refractivity contribution >= 4 is 23.5 Å². The maximum atomic E-state index is 6.23. The zero-order chi connectivity index (χ0) is 22.5. The molecule has 1 aliphatic rings. The summed E-state index contributed by atoms with van der Waals surface area (Å²) >= 11 is 0. The Balaban J connectivity index is 1.29. The minimum absolute atomic E-state index is 0.501. The Morgan fingerprint density at radius 2 is 1.88 bits per heavy atom. The summed E-state index contributed by atoms with van der Waals surface area (Å²) in [5.41, 5.74) is 0.241. The van der Waals surface area contributed by atoms with Crippen molar-refractivity contribution in [2.75, 3.05) is 20.3 Å². The summed E-state index contributed by atoms with van der Waals surface area (Å²) in [5.74, 6) is 2.83. The van der Waals surface area contributed by atoms with E-state index in [9.17, 15) is 0 Å². The van der Waals surface area contributed by atoms with Crippen LogP contribution in [0.5, 0.6) is 17.2 Å². The Hall–Kier alpha value is -4.11. The number of hydrogen-bond acceptors (Lipinski definition) is 8. The van der Waals surface area contributed by atoms with Crippen LogP contribution in [0.2, 0.25) is 0 Å². The fourth-order valence-corrected chi connectivity index (χ4v) is 3.53. The molecule has 0 N–H and O–H groups in total. The lowest BCUT2D eigenvalue weighted by Crippen LogP contribution is -2.43. The van der Waals surface area contributed by atoms with Crippen molar-refractivity contribution in [1.82, 2.24) is 19.7 Å². The smallest absolute Gasteiger partial charge is 0.166 e. The van der Waals surface area contributed by atoms with Gasteiger partial charge >= 0.3 is 0 Å². The summed E-state index contributed by atoms with van der Waals surface area (Å²) in [5, 5.41) is 5.50. The second kappa shape index (κ2) is 9.17. The van der Waals surface area contributed by atoms with E-state index in [1.165, 1.54) is 6.33 Å². The predicted molar refractivity (Wildman–Crippen MR) is 125 cm³/mol. The molecule has 9 nitrogen and oxygen atoms in total. The Labute approximate surface area is 190 Å². The Kier molecular flexibility index (Phi) is 5.77. The first-order valence-electron chi connectivity index (χ1n) is 10.5. The highest BCUT2D eigenvalue weighted by atomic mass is 16.5. The van der Waals surface area contributed by atoms with Crippen LogP contribution in [0.15, 0.2) is 77.2 Å². The Morgan fingerprint density at radius 1 is 1.03 bits per heavy atom. The number of ether oxygens (including phenoxy) is 3. The lowest BCUT2D eigenvalue weighted by atomic mass is 10.0. The zero-order valence-corrected chi connectivity index (χ0v) is 18.0. The number of methoxy groups -OCH3 is 1. The number of rotatable bonds is 8. The van der Waals surface area contributed by atoms with Crippen LogP contribution < -0.4 is 9.47 Å². The first-order chi connectivity index (χ1) is 16.2. The number of benzene rings is 2. The number of aromatic nitrogens is 4. The van der Waals surface area contributed by atoms with E-state index in [1.54, 1.807) is 36.6 Å². The van der Waals surface area contributed by atoms with Crippen LogP contribution in [0.1, 0.15) is 6.42 Å². The molecule has 4 aromatic rings. The van der Waals surface area contributed by atoms with Gasteiger partial charge in [-0.2, -0.15) is 5.10 Å².